The molecule has 2 unspecified atom stereocenters. The quantitative estimate of drug-likeness (QED) is 0.889. The van der Waals surface area contributed by atoms with Gasteiger partial charge < -0.3 is 10.5 Å². The van der Waals surface area contributed by atoms with Gasteiger partial charge in [-0.2, -0.15) is 0 Å². The van der Waals surface area contributed by atoms with E-state index >= 15 is 0 Å². The lowest BCUT2D eigenvalue weighted by atomic mass is 9.68. The summed E-state index contributed by atoms with van der Waals surface area (Å²) in [5.41, 5.74) is 7.35. The topological polar surface area (TPSA) is 35.2 Å². The van der Waals surface area contributed by atoms with E-state index in [1.807, 2.05) is 12.1 Å². The first-order valence-corrected chi connectivity index (χ1v) is 8.21. The first-order chi connectivity index (χ1) is 10.0. The molecule has 0 amide bonds. The van der Waals surface area contributed by atoms with E-state index in [0.717, 1.165) is 25.0 Å². The Balaban J connectivity index is 1.79. The molecule has 1 aliphatic carbocycles. The molecule has 116 valence electrons. The van der Waals surface area contributed by atoms with Crippen LogP contribution in [0.25, 0.3) is 0 Å². The van der Waals surface area contributed by atoms with Crippen molar-refractivity contribution in [1.82, 2.24) is 0 Å². The highest BCUT2D eigenvalue weighted by atomic mass is 19.1. The summed E-state index contributed by atoms with van der Waals surface area (Å²) in [6, 6.07) is 6.68. The fourth-order valence-corrected chi connectivity index (χ4v) is 4.13. The summed E-state index contributed by atoms with van der Waals surface area (Å²) < 4.78 is 19.3. The third-order valence-electron chi connectivity index (χ3n) is 5.57. The molecule has 2 aliphatic rings. The second-order valence-electron chi connectivity index (χ2n) is 7.07. The van der Waals surface area contributed by atoms with E-state index in [1.54, 1.807) is 0 Å². The molecule has 21 heavy (non-hydrogen) atoms. The van der Waals surface area contributed by atoms with Crippen LogP contribution in [0.5, 0.6) is 0 Å². The summed E-state index contributed by atoms with van der Waals surface area (Å²) in [5.74, 6) is 0.195. The molecule has 0 radical (unpaired) electrons. The molecule has 1 saturated carbocycles. The van der Waals surface area contributed by atoms with Gasteiger partial charge >= 0.3 is 0 Å². The summed E-state index contributed by atoms with van der Waals surface area (Å²) in [4.78, 5) is 0. The van der Waals surface area contributed by atoms with Gasteiger partial charge in [0, 0.05) is 12.1 Å². The van der Waals surface area contributed by atoms with E-state index in [-0.39, 0.29) is 11.4 Å². The normalized spacial score (nSPS) is 28.2. The Hall–Kier alpha value is -0.930. The van der Waals surface area contributed by atoms with Crippen LogP contribution in [-0.2, 0) is 10.3 Å². The molecule has 0 aromatic heterocycles. The fraction of sp³-hybridized carbons (Fsp3) is 0.667. The highest BCUT2D eigenvalue weighted by Gasteiger charge is 2.44. The molecule has 2 nitrogen and oxygen atoms in total. The van der Waals surface area contributed by atoms with Crippen molar-refractivity contribution < 1.29 is 9.13 Å². The van der Waals surface area contributed by atoms with Crippen molar-refractivity contribution in [2.45, 2.75) is 63.0 Å². The highest BCUT2D eigenvalue weighted by molar-refractivity contribution is 5.25. The van der Waals surface area contributed by atoms with Crippen molar-refractivity contribution in [3.05, 3.63) is 35.6 Å². The predicted octanol–water partition coefficient (Wildman–Crippen LogP) is 4.13. The zero-order valence-corrected chi connectivity index (χ0v) is 12.9. The van der Waals surface area contributed by atoms with Crippen LogP contribution in [0.4, 0.5) is 4.39 Å². The summed E-state index contributed by atoms with van der Waals surface area (Å²) >= 11 is 0. The Kier molecular flexibility index (Phi) is 4.06. The third kappa shape index (κ3) is 3.00. The summed E-state index contributed by atoms with van der Waals surface area (Å²) in [7, 11) is 0. The van der Waals surface area contributed by atoms with Crippen molar-refractivity contribution in [1.29, 1.82) is 0 Å². The van der Waals surface area contributed by atoms with E-state index < -0.39 is 5.54 Å². The largest absolute Gasteiger partial charge is 0.375 e. The average molecular weight is 291 g/mol. The molecule has 1 saturated heterocycles. The van der Waals surface area contributed by atoms with Crippen LogP contribution in [0, 0.1) is 11.7 Å². The zero-order chi connectivity index (χ0) is 14.9. The van der Waals surface area contributed by atoms with Gasteiger partial charge in [-0.25, -0.2) is 4.39 Å². The van der Waals surface area contributed by atoms with E-state index in [9.17, 15) is 4.39 Å². The van der Waals surface area contributed by atoms with Crippen LogP contribution in [0.15, 0.2) is 24.3 Å². The second kappa shape index (κ2) is 5.69. The molecule has 1 aliphatic heterocycles. The Labute approximate surface area is 126 Å². The van der Waals surface area contributed by atoms with Crippen molar-refractivity contribution in [2.75, 3.05) is 6.61 Å². The van der Waals surface area contributed by atoms with Gasteiger partial charge in [0.2, 0.25) is 0 Å². The highest BCUT2D eigenvalue weighted by Crippen LogP contribution is 2.45. The Morgan fingerprint density at radius 3 is 2.52 bits per heavy atom. The van der Waals surface area contributed by atoms with Gasteiger partial charge in [0.25, 0.3) is 0 Å². The minimum atomic E-state index is -0.415. The second-order valence-corrected chi connectivity index (χ2v) is 7.07. The number of rotatable bonds is 2. The number of halogens is 1. The number of benzene rings is 1. The molecule has 0 bridgehead atoms. The smallest absolute Gasteiger partial charge is 0.123 e. The van der Waals surface area contributed by atoms with Gasteiger partial charge in [-0.15, -0.1) is 0 Å². The van der Waals surface area contributed by atoms with Gasteiger partial charge in [0.05, 0.1) is 5.60 Å². The molecule has 1 heterocycles. The molecule has 1 aromatic rings. The molecule has 3 heteroatoms. The van der Waals surface area contributed by atoms with Crippen LogP contribution >= 0.6 is 0 Å². The van der Waals surface area contributed by atoms with Crippen LogP contribution in [0.2, 0.25) is 0 Å². The lowest BCUT2D eigenvalue weighted by molar-refractivity contribution is -0.127. The monoisotopic (exact) mass is 291 g/mol. The lowest BCUT2D eigenvalue weighted by Crippen LogP contribution is -2.50. The molecular formula is C18H26FNO. The molecule has 2 fully saturated rings. The zero-order valence-electron chi connectivity index (χ0n) is 12.9. The maximum Gasteiger partial charge on any atom is 0.123 e. The van der Waals surface area contributed by atoms with Crippen molar-refractivity contribution in [3.8, 4) is 0 Å². The predicted molar refractivity (Wildman–Crippen MR) is 82.4 cm³/mol. The molecule has 2 atom stereocenters. The van der Waals surface area contributed by atoms with Crippen LogP contribution in [-0.4, -0.2) is 12.2 Å². The summed E-state index contributed by atoms with van der Waals surface area (Å²) in [6.45, 7) is 2.89. The minimum absolute atomic E-state index is 0.0574. The van der Waals surface area contributed by atoms with Crippen molar-refractivity contribution in [2.24, 2.45) is 11.7 Å². The summed E-state index contributed by atoms with van der Waals surface area (Å²) in [6.07, 6.45) is 8.23. The SMILES string of the molecule is CC(N)(c1ccc(F)cc1)C1CCOC2(CCCCC2)C1. The van der Waals surface area contributed by atoms with Gasteiger partial charge in [0.15, 0.2) is 0 Å². The van der Waals surface area contributed by atoms with Crippen LogP contribution in [0.1, 0.15) is 57.4 Å². The van der Waals surface area contributed by atoms with Gasteiger partial charge in [-0.3, -0.25) is 0 Å². The Morgan fingerprint density at radius 2 is 1.86 bits per heavy atom. The van der Waals surface area contributed by atoms with Gasteiger partial charge in [-0.1, -0.05) is 31.4 Å². The maximum absolute atomic E-state index is 13.1. The third-order valence-corrected chi connectivity index (χ3v) is 5.57. The van der Waals surface area contributed by atoms with E-state index in [4.69, 9.17) is 10.5 Å². The first-order valence-electron chi connectivity index (χ1n) is 8.21. The summed E-state index contributed by atoms with van der Waals surface area (Å²) in [5, 5.41) is 0. The number of hydrogen-bond acceptors (Lipinski definition) is 2. The van der Waals surface area contributed by atoms with E-state index in [2.05, 4.69) is 6.92 Å². The fourth-order valence-electron chi connectivity index (χ4n) is 4.13. The lowest BCUT2D eigenvalue weighted by Gasteiger charge is -2.48. The van der Waals surface area contributed by atoms with Crippen LogP contribution in [0.3, 0.4) is 0 Å². The standard InChI is InChI=1S/C18H26FNO/c1-17(20,14-5-7-16(19)8-6-14)15-9-12-21-18(13-15)10-3-2-4-11-18/h5-8,15H,2-4,9-13,20H2,1H3. The molecule has 3 rings (SSSR count). The number of ether oxygens (including phenoxy) is 1. The van der Waals surface area contributed by atoms with Gasteiger partial charge in [-0.05, 0) is 56.2 Å². The Bertz CT molecular complexity index is 471. The number of hydrogen-bond donors (Lipinski definition) is 1. The maximum atomic E-state index is 13.1. The van der Waals surface area contributed by atoms with Crippen LogP contribution < -0.4 is 5.73 Å². The average Bonchev–Trinajstić information content (AvgIpc) is 2.48. The molecular weight excluding hydrogens is 265 g/mol. The first kappa shape index (κ1) is 15.0. The Morgan fingerprint density at radius 1 is 1.19 bits per heavy atom. The van der Waals surface area contributed by atoms with Gasteiger partial charge in [0.1, 0.15) is 5.82 Å². The number of nitrogens with two attached hydrogens (primary N) is 1. The minimum Gasteiger partial charge on any atom is -0.375 e. The molecule has 1 spiro atoms. The molecule has 2 N–H and O–H groups in total. The molecule has 1 aromatic carbocycles. The van der Waals surface area contributed by atoms with Crippen molar-refractivity contribution in [3.63, 3.8) is 0 Å². The van der Waals surface area contributed by atoms with E-state index in [1.165, 1.54) is 44.2 Å². The van der Waals surface area contributed by atoms with E-state index in [0.29, 0.717) is 5.92 Å². The van der Waals surface area contributed by atoms with Crippen molar-refractivity contribution >= 4 is 0 Å².